The quantitative estimate of drug-likeness (QED) is 0.195. The molecule has 0 spiro atoms. The molecule has 4 aromatic rings. The molecule has 5 rings (SSSR count). The minimum Gasteiger partial charge on any atom is -0.462 e. The van der Waals surface area contributed by atoms with Gasteiger partial charge in [-0.05, 0) is 86.5 Å². The van der Waals surface area contributed by atoms with Crippen LogP contribution in [-0.2, 0) is 14.4 Å². The zero-order valence-electron chi connectivity index (χ0n) is 23.3. The van der Waals surface area contributed by atoms with Gasteiger partial charge in [-0.15, -0.1) is 11.8 Å². The second kappa shape index (κ2) is 12.3. The Morgan fingerprint density at radius 3 is 2.40 bits per heavy atom. The molecule has 42 heavy (non-hydrogen) atoms. The van der Waals surface area contributed by atoms with Crippen molar-refractivity contribution in [2.75, 3.05) is 10.2 Å². The predicted molar refractivity (Wildman–Crippen MR) is 163 cm³/mol. The van der Waals surface area contributed by atoms with Gasteiger partial charge in [0.2, 0.25) is 11.8 Å². The van der Waals surface area contributed by atoms with E-state index >= 15 is 0 Å². The van der Waals surface area contributed by atoms with Gasteiger partial charge in [0, 0.05) is 28.6 Å². The van der Waals surface area contributed by atoms with E-state index in [1.54, 1.807) is 73.7 Å². The number of aryl methyl sites for hydroxylation is 3. The first-order valence-electron chi connectivity index (χ1n) is 13.3. The molecule has 9 heteroatoms. The lowest BCUT2D eigenvalue weighted by Gasteiger charge is -2.16. The summed E-state index contributed by atoms with van der Waals surface area (Å²) < 4.78 is 5.59. The number of carbonyl (C=O) groups excluding carboxylic acids is 4. The fourth-order valence-corrected chi connectivity index (χ4v) is 5.57. The first kappa shape index (κ1) is 28.6. The number of nitrogens with one attached hydrogen (secondary N) is 2. The molecule has 1 fully saturated rings. The van der Waals surface area contributed by atoms with Gasteiger partial charge in [0.15, 0.2) is 0 Å². The summed E-state index contributed by atoms with van der Waals surface area (Å²) >= 11 is 1.27. The average Bonchev–Trinajstić information content (AvgIpc) is 3.51. The van der Waals surface area contributed by atoms with E-state index in [9.17, 15) is 19.2 Å². The van der Waals surface area contributed by atoms with Gasteiger partial charge in [0.05, 0.1) is 10.9 Å². The molecule has 1 atom stereocenters. The summed E-state index contributed by atoms with van der Waals surface area (Å²) in [5.41, 5.74) is 3.51. The molecule has 0 radical (unpaired) electrons. The SMILES string of the molecule is Cc1ccc(C=C(NC(=O)c2ccccc2)C(=O)Nc2cccc(SC3CC(=O)N(c4ccc(C)c(C)c4)C3=O)c2)o1. The van der Waals surface area contributed by atoms with E-state index in [2.05, 4.69) is 10.6 Å². The number of carbonyl (C=O) groups is 4. The molecule has 1 aliphatic heterocycles. The summed E-state index contributed by atoms with van der Waals surface area (Å²) in [5, 5.41) is 4.91. The number of thioether (sulfide) groups is 1. The van der Waals surface area contributed by atoms with Gasteiger partial charge in [-0.2, -0.15) is 0 Å². The molecule has 2 N–H and O–H groups in total. The molecule has 3 aromatic carbocycles. The molecular weight excluding hydrogens is 550 g/mol. The molecule has 2 heterocycles. The van der Waals surface area contributed by atoms with Gasteiger partial charge in [-0.25, -0.2) is 4.90 Å². The summed E-state index contributed by atoms with van der Waals surface area (Å²) in [6.45, 7) is 5.71. The zero-order valence-corrected chi connectivity index (χ0v) is 24.2. The number of anilines is 2. The Morgan fingerprint density at radius 1 is 0.905 bits per heavy atom. The lowest BCUT2D eigenvalue weighted by molar-refractivity contribution is -0.121. The van der Waals surface area contributed by atoms with Crippen LogP contribution in [0.4, 0.5) is 11.4 Å². The molecule has 212 valence electrons. The van der Waals surface area contributed by atoms with Crippen molar-refractivity contribution in [3.63, 3.8) is 0 Å². The van der Waals surface area contributed by atoms with Crippen LogP contribution in [-0.4, -0.2) is 28.9 Å². The van der Waals surface area contributed by atoms with Crippen molar-refractivity contribution in [2.45, 2.75) is 37.3 Å². The summed E-state index contributed by atoms with van der Waals surface area (Å²) in [4.78, 5) is 54.2. The Bertz CT molecular complexity index is 1710. The molecule has 0 bridgehead atoms. The van der Waals surface area contributed by atoms with Crippen molar-refractivity contribution in [3.8, 4) is 0 Å². The van der Waals surface area contributed by atoms with E-state index in [4.69, 9.17) is 4.42 Å². The Labute approximate surface area is 247 Å². The van der Waals surface area contributed by atoms with E-state index in [1.165, 1.54) is 22.7 Å². The molecule has 0 saturated carbocycles. The number of hydrogen-bond acceptors (Lipinski definition) is 6. The minimum absolute atomic E-state index is 0.00291. The van der Waals surface area contributed by atoms with Crippen LogP contribution in [0.3, 0.4) is 0 Å². The van der Waals surface area contributed by atoms with E-state index in [0.717, 1.165) is 11.1 Å². The van der Waals surface area contributed by atoms with E-state index in [1.807, 2.05) is 32.0 Å². The van der Waals surface area contributed by atoms with Crippen molar-refractivity contribution in [3.05, 3.63) is 119 Å². The van der Waals surface area contributed by atoms with Crippen LogP contribution >= 0.6 is 11.8 Å². The number of imide groups is 1. The highest BCUT2D eigenvalue weighted by molar-refractivity contribution is 8.00. The molecule has 1 saturated heterocycles. The Balaban J connectivity index is 1.31. The van der Waals surface area contributed by atoms with E-state index in [-0.39, 0.29) is 23.9 Å². The molecule has 1 aliphatic rings. The first-order chi connectivity index (χ1) is 20.2. The number of furan rings is 1. The summed E-state index contributed by atoms with van der Waals surface area (Å²) in [6.07, 6.45) is 1.54. The van der Waals surface area contributed by atoms with Gasteiger partial charge < -0.3 is 15.1 Å². The number of benzene rings is 3. The molecular formula is C33H29N3O5S. The highest BCUT2D eigenvalue weighted by Gasteiger charge is 2.40. The molecule has 4 amide bonds. The topological polar surface area (TPSA) is 109 Å². The highest BCUT2D eigenvalue weighted by Crippen LogP contribution is 2.35. The summed E-state index contributed by atoms with van der Waals surface area (Å²) in [7, 11) is 0. The van der Waals surface area contributed by atoms with Crippen molar-refractivity contribution >= 4 is 52.8 Å². The summed E-state index contributed by atoms with van der Waals surface area (Å²) in [5.74, 6) is -0.442. The smallest absolute Gasteiger partial charge is 0.272 e. The molecule has 0 aliphatic carbocycles. The second-order valence-electron chi connectivity index (χ2n) is 9.96. The predicted octanol–water partition coefficient (Wildman–Crippen LogP) is 6.04. The van der Waals surface area contributed by atoms with Gasteiger partial charge in [0.1, 0.15) is 17.2 Å². The van der Waals surface area contributed by atoms with Crippen LogP contribution in [0.5, 0.6) is 0 Å². The number of nitrogens with zero attached hydrogens (tertiary/aromatic N) is 1. The number of hydrogen-bond donors (Lipinski definition) is 2. The average molecular weight is 580 g/mol. The Morgan fingerprint density at radius 2 is 1.69 bits per heavy atom. The minimum atomic E-state index is -0.590. The van der Waals surface area contributed by atoms with Gasteiger partial charge in [-0.1, -0.05) is 30.3 Å². The molecule has 1 unspecified atom stereocenters. The van der Waals surface area contributed by atoms with Crippen molar-refractivity contribution in [1.82, 2.24) is 5.32 Å². The maximum atomic E-state index is 13.3. The van der Waals surface area contributed by atoms with E-state index in [0.29, 0.717) is 33.4 Å². The third-order valence-corrected chi connectivity index (χ3v) is 7.98. The van der Waals surface area contributed by atoms with E-state index < -0.39 is 17.1 Å². The van der Waals surface area contributed by atoms with Crippen LogP contribution in [0.1, 0.15) is 39.4 Å². The maximum Gasteiger partial charge on any atom is 0.272 e. The standard InChI is InChI=1S/C33H29N3O5S/c1-20-12-14-25(16-21(20)2)36-30(37)19-29(33(36)40)42-27-11-7-10-24(17-27)34-32(39)28(18-26-15-13-22(3)41-26)35-31(38)23-8-5-4-6-9-23/h4-18,29H,19H2,1-3H3,(H,34,39)(H,35,38). The van der Waals surface area contributed by atoms with Crippen molar-refractivity contribution < 1.29 is 23.6 Å². The fraction of sp³-hybridized carbons (Fsp3) is 0.152. The van der Waals surface area contributed by atoms with Crippen LogP contribution in [0.2, 0.25) is 0 Å². The Kier molecular flexibility index (Phi) is 8.40. The summed E-state index contributed by atoms with van der Waals surface area (Å²) in [6, 6.07) is 24.6. The zero-order chi connectivity index (χ0) is 29.8. The lowest BCUT2D eigenvalue weighted by atomic mass is 10.1. The Hall–Kier alpha value is -4.89. The maximum absolute atomic E-state index is 13.3. The van der Waals surface area contributed by atoms with Crippen molar-refractivity contribution in [2.24, 2.45) is 0 Å². The third-order valence-electron chi connectivity index (χ3n) is 6.80. The number of amides is 4. The van der Waals surface area contributed by atoms with Crippen LogP contribution in [0.25, 0.3) is 6.08 Å². The van der Waals surface area contributed by atoms with Gasteiger partial charge in [-0.3, -0.25) is 19.2 Å². The van der Waals surface area contributed by atoms with Crippen LogP contribution in [0.15, 0.2) is 99.9 Å². The second-order valence-corrected chi connectivity index (χ2v) is 11.2. The monoisotopic (exact) mass is 579 g/mol. The van der Waals surface area contributed by atoms with Gasteiger partial charge >= 0.3 is 0 Å². The fourth-order valence-electron chi connectivity index (χ4n) is 4.46. The van der Waals surface area contributed by atoms with Gasteiger partial charge in [0.25, 0.3) is 11.8 Å². The lowest BCUT2D eigenvalue weighted by Crippen LogP contribution is -2.31. The third kappa shape index (κ3) is 6.53. The van der Waals surface area contributed by atoms with Crippen LogP contribution < -0.4 is 15.5 Å². The number of rotatable bonds is 8. The highest BCUT2D eigenvalue weighted by atomic mass is 32.2. The van der Waals surface area contributed by atoms with Crippen LogP contribution in [0, 0.1) is 20.8 Å². The molecule has 8 nitrogen and oxygen atoms in total. The first-order valence-corrected chi connectivity index (χ1v) is 14.2. The normalized spacial score (nSPS) is 15.2. The van der Waals surface area contributed by atoms with Crippen molar-refractivity contribution in [1.29, 1.82) is 0 Å². The largest absolute Gasteiger partial charge is 0.462 e. The molecule has 1 aromatic heterocycles.